The Labute approximate surface area is 98.9 Å². The fraction of sp³-hybridized carbons (Fsp3) is 0.364. The number of nitro groups is 1. The molecule has 1 aromatic rings. The minimum absolute atomic E-state index is 0.132. The van der Waals surface area contributed by atoms with Crippen molar-refractivity contribution >= 4 is 11.4 Å². The maximum atomic E-state index is 10.9. The highest BCUT2D eigenvalue weighted by atomic mass is 16.6. The van der Waals surface area contributed by atoms with E-state index in [0.717, 1.165) is 0 Å². The van der Waals surface area contributed by atoms with Crippen LogP contribution >= 0.6 is 0 Å². The minimum Gasteiger partial charge on any atom is -0.392 e. The molecular weight excluding hydrogens is 222 g/mol. The van der Waals surface area contributed by atoms with Gasteiger partial charge in [-0.3, -0.25) is 10.1 Å². The monoisotopic (exact) mass is 235 g/mol. The molecule has 1 aromatic carbocycles. The number of aliphatic hydroxyl groups excluding tert-OH is 1. The summed E-state index contributed by atoms with van der Waals surface area (Å²) < 4.78 is 0. The summed E-state index contributed by atoms with van der Waals surface area (Å²) in [5.74, 6) is 0. The molecule has 0 fully saturated rings. The summed E-state index contributed by atoms with van der Waals surface area (Å²) in [5.41, 5.74) is 0.494. The maximum Gasteiger partial charge on any atom is 0.293 e. The molecule has 6 heteroatoms. The molecule has 0 amide bonds. The highest BCUT2D eigenvalue weighted by Crippen LogP contribution is 2.28. The molecule has 0 aliphatic rings. The Morgan fingerprint density at radius 2 is 2.29 bits per heavy atom. The van der Waals surface area contributed by atoms with Gasteiger partial charge in [0.05, 0.1) is 22.7 Å². The first kappa shape index (κ1) is 12.9. The molecule has 0 aliphatic heterocycles. The molecule has 1 N–H and O–H groups in total. The van der Waals surface area contributed by atoms with Gasteiger partial charge in [0, 0.05) is 19.7 Å². The number of anilines is 1. The van der Waals surface area contributed by atoms with Crippen LogP contribution in [0.3, 0.4) is 0 Å². The van der Waals surface area contributed by atoms with E-state index in [1.165, 1.54) is 18.2 Å². The van der Waals surface area contributed by atoms with Crippen LogP contribution < -0.4 is 4.90 Å². The van der Waals surface area contributed by atoms with Crippen LogP contribution in [0.1, 0.15) is 12.5 Å². The van der Waals surface area contributed by atoms with Crippen LogP contribution in [0.2, 0.25) is 0 Å². The first-order chi connectivity index (χ1) is 7.95. The van der Waals surface area contributed by atoms with Gasteiger partial charge in [-0.05, 0) is 19.1 Å². The van der Waals surface area contributed by atoms with E-state index in [4.69, 9.17) is 5.26 Å². The summed E-state index contributed by atoms with van der Waals surface area (Å²) in [6.45, 7) is 1.89. The molecule has 0 heterocycles. The third kappa shape index (κ3) is 3.16. The summed E-state index contributed by atoms with van der Waals surface area (Å²) in [6, 6.07) is 6.11. The third-order valence-electron chi connectivity index (χ3n) is 2.25. The van der Waals surface area contributed by atoms with Crippen molar-refractivity contribution < 1.29 is 10.0 Å². The van der Waals surface area contributed by atoms with E-state index < -0.39 is 11.0 Å². The van der Waals surface area contributed by atoms with E-state index in [9.17, 15) is 15.2 Å². The number of nitro benzene ring substituents is 1. The second-order valence-corrected chi connectivity index (χ2v) is 3.80. The Morgan fingerprint density at radius 3 is 2.76 bits per heavy atom. The van der Waals surface area contributed by atoms with Gasteiger partial charge in [0.2, 0.25) is 0 Å². The van der Waals surface area contributed by atoms with E-state index in [-0.39, 0.29) is 17.8 Å². The Hall–Kier alpha value is -2.13. The topological polar surface area (TPSA) is 90.4 Å². The highest BCUT2D eigenvalue weighted by Gasteiger charge is 2.18. The standard InChI is InChI=1S/C11H13N3O3/c1-8(15)7-13(2)10-4-3-9(6-12)5-11(10)14(16)17/h3-5,8,15H,7H2,1-2H3. The second kappa shape index (κ2) is 5.27. The first-order valence-electron chi connectivity index (χ1n) is 5.03. The molecule has 0 radical (unpaired) electrons. The third-order valence-corrected chi connectivity index (χ3v) is 2.25. The number of aliphatic hydroxyl groups is 1. The minimum atomic E-state index is -0.588. The van der Waals surface area contributed by atoms with Crippen LogP contribution in [-0.4, -0.2) is 29.7 Å². The van der Waals surface area contributed by atoms with Crippen LogP contribution in [0.15, 0.2) is 18.2 Å². The van der Waals surface area contributed by atoms with Crippen molar-refractivity contribution in [1.29, 1.82) is 5.26 Å². The number of rotatable bonds is 4. The smallest absolute Gasteiger partial charge is 0.293 e. The normalized spacial score (nSPS) is 11.6. The summed E-state index contributed by atoms with van der Waals surface area (Å²) in [6.07, 6.45) is -0.588. The van der Waals surface area contributed by atoms with Crippen LogP contribution in [0.5, 0.6) is 0 Å². The van der Waals surface area contributed by atoms with Crippen molar-refractivity contribution in [2.24, 2.45) is 0 Å². The molecule has 17 heavy (non-hydrogen) atoms. The summed E-state index contributed by atoms with van der Waals surface area (Å²) >= 11 is 0. The van der Waals surface area contributed by atoms with Gasteiger partial charge in [-0.1, -0.05) is 0 Å². The van der Waals surface area contributed by atoms with Gasteiger partial charge in [0.15, 0.2) is 0 Å². The lowest BCUT2D eigenvalue weighted by Crippen LogP contribution is -2.27. The number of hydrogen-bond donors (Lipinski definition) is 1. The van der Waals surface area contributed by atoms with Gasteiger partial charge in [0.1, 0.15) is 5.69 Å². The van der Waals surface area contributed by atoms with Gasteiger partial charge in [-0.25, -0.2) is 0 Å². The molecule has 0 saturated carbocycles. The number of nitriles is 1. The van der Waals surface area contributed by atoms with Gasteiger partial charge in [0.25, 0.3) is 5.69 Å². The predicted molar refractivity (Wildman–Crippen MR) is 62.8 cm³/mol. The summed E-state index contributed by atoms with van der Waals surface area (Å²) in [7, 11) is 1.65. The van der Waals surface area contributed by atoms with Crippen molar-refractivity contribution in [3.63, 3.8) is 0 Å². The van der Waals surface area contributed by atoms with E-state index in [1.807, 2.05) is 6.07 Å². The van der Waals surface area contributed by atoms with Crippen molar-refractivity contribution in [3.05, 3.63) is 33.9 Å². The van der Waals surface area contributed by atoms with Gasteiger partial charge in [-0.15, -0.1) is 0 Å². The Morgan fingerprint density at radius 1 is 1.65 bits per heavy atom. The average molecular weight is 235 g/mol. The van der Waals surface area contributed by atoms with Crippen molar-refractivity contribution in [2.75, 3.05) is 18.5 Å². The van der Waals surface area contributed by atoms with Crippen LogP contribution in [0, 0.1) is 21.4 Å². The molecule has 0 aliphatic carbocycles. The molecule has 0 bridgehead atoms. The summed E-state index contributed by atoms with van der Waals surface area (Å²) in [5, 5.41) is 28.8. The number of hydrogen-bond acceptors (Lipinski definition) is 5. The van der Waals surface area contributed by atoms with Crippen molar-refractivity contribution in [3.8, 4) is 6.07 Å². The van der Waals surface area contributed by atoms with Crippen LogP contribution in [0.4, 0.5) is 11.4 Å². The molecular formula is C11H13N3O3. The zero-order chi connectivity index (χ0) is 13.0. The Bertz CT molecular complexity index is 466. The van der Waals surface area contributed by atoms with Crippen molar-refractivity contribution in [2.45, 2.75) is 13.0 Å². The zero-order valence-electron chi connectivity index (χ0n) is 9.62. The SMILES string of the molecule is CC(O)CN(C)c1ccc(C#N)cc1[N+](=O)[O-]. The first-order valence-corrected chi connectivity index (χ1v) is 5.03. The van der Waals surface area contributed by atoms with E-state index in [2.05, 4.69) is 0 Å². The Kier molecular flexibility index (Phi) is 4.01. The van der Waals surface area contributed by atoms with Crippen LogP contribution in [-0.2, 0) is 0 Å². The lowest BCUT2D eigenvalue weighted by Gasteiger charge is -2.20. The number of likely N-dealkylation sites (N-methyl/N-ethyl adjacent to an activating group) is 1. The summed E-state index contributed by atoms with van der Waals surface area (Å²) in [4.78, 5) is 11.9. The molecule has 90 valence electrons. The molecule has 0 aromatic heterocycles. The fourth-order valence-corrected chi connectivity index (χ4v) is 1.56. The second-order valence-electron chi connectivity index (χ2n) is 3.80. The molecule has 6 nitrogen and oxygen atoms in total. The maximum absolute atomic E-state index is 10.9. The van der Waals surface area contributed by atoms with E-state index in [1.54, 1.807) is 18.9 Å². The lowest BCUT2D eigenvalue weighted by molar-refractivity contribution is -0.384. The quantitative estimate of drug-likeness (QED) is 0.627. The number of nitrogens with zero attached hydrogens (tertiary/aromatic N) is 3. The van der Waals surface area contributed by atoms with Gasteiger partial charge >= 0.3 is 0 Å². The molecule has 1 atom stereocenters. The molecule has 1 rings (SSSR count). The van der Waals surface area contributed by atoms with Crippen molar-refractivity contribution in [1.82, 2.24) is 0 Å². The van der Waals surface area contributed by atoms with Gasteiger partial charge < -0.3 is 10.0 Å². The predicted octanol–water partition coefficient (Wildman–Crippen LogP) is 1.28. The average Bonchev–Trinajstić information content (AvgIpc) is 2.27. The molecule has 1 unspecified atom stereocenters. The molecule has 0 saturated heterocycles. The van der Waals surface area contributed by atoms with E-state index >= 15 is 0 Å². The largest absolute Gasteiger partial charge is 0.392 e. The van der Waals surface area contributed by atoms with E-state index in [0.29, 0.717) is 5.69 Å². The van der Waals surface area contributed by atoms with Crippen LogP contribution in [0.25, 0.3) is 0 Å². The Balaban J connectivity index is 3.15. The molecule has 0 spiro atoms. The zero-order valence-corrected chi connectivity index (χ0v) is 9.62. The van der Waals surface area contributed by atoms with Gasteiger partial charge in [-0.2, -0.15) is 5.26 Å². The lowest BCUT2D eigenvalue weighted by atomic mass is 10.1. The fourth-order valence-electron chi connectivity index (χ4n) is 1.56. The highest BCUT2D eigenvalue weighted by molar-refractivity contribution is 5.65. The number of benzene rings is 1.